The highest BCUT2D eigenvalue weighted by molar-refractivity contribution is 7.09. The lowest BCUT2D eigenvalue weighted by atomic mass is 10.1. The zero-order valence-electron chi connectivity index (χ0n) is 10.5. The average molecular weight is 238 g/mol. The molecule has 90 valence electrons. The highest BCUT2D eigenvalue weighted by atomic mass is 32.1. The third-order valence-corrected chi connectivity index (χ3v) is 3.67. The lowest BCUT2D eigenvalue weighted by molar-refractivity contribution is 0.453. The number of allylic oxidation sites excluding steroid dienone is 1. The average Bonchev–Trinajstić information content (AvgIpc) is 2.74. The molecule has 0 aliphatic rings. The van der Waals surface area contributed by atoms with E-state index in [1.807, 2.05) is 6.08 Å². The Bertz CT molecular complexity index is 319. The Morgan fingerprint density at radius 3 is 2.88 bits per heavy atom. The van der Waals surface area contributed by atoms with E-state index in [4.69, 9.17) is 0 Å². The van der Waals surface area contributed by atoms with Crippen molar-refractivity contribution in [3.63, 3.8) is 0 Å². The Morgan fingerprint density at radius 1 is 1.56 bits per heavy atom. The van der Waals surface area contributed by atoms with Gasteiger partial charge in [-0.25, -0.2) is 4.98 Å². The van der Waals surface area contributed by atoms with Crippen molar-refractivity contribution >= 4 is 11.3 Å². The van der Waals surface area contributed by atoms with Crippen LogP contribution in [0.15, 0.2) is 18.0 Å². The maximum absolute atomic E-state index is 4.60. The minimum Gasteiger partial charge on any atom is -0.306 e. The first-order valence-corrected chi connectivity index (χ1v) is 6.86. The molecule has 0 saturated carbocycles. The first-order chi connectivity index (χ1) is 7.67. The van der Waals surface area contributed by atoms with Crippen LogP contribution in [0, 0.1) is 0 Å². The summed E-state index contributed by atoms with van der Waals surface area (Å²) in [4.78, 5) is 4.60. The van der Waals surface area contributed by atoms with Gasteiger partial charge in [0.15, 0.2) is 0 Å². The standard InChI is InChI=1S/C13H22N2S/c1-5-7-8-10(3)14-11(4)12-9-16-13(6-2)15-12/h5,9-11,14H,1,6-8H2,2-4H3. The molecular weight excluding hydrogens is 216 g/mol. The Hall–Kier alpha value is -0.670. The van der Waals surface area contributed by atoms with Crippen molar-refractivity contribution in [1.82, 2.24) is 10.3 Å². The molecule has 0 radical (unpaired) electrons. The molecule has 1 heterocycles. The molecule has 0 aliphatic heterocycles. The monoisotopic (exact) mass is 238 g/mol. The van der Waals surface area contributed by atoms with Gasteiger partial charge in [0, 0.05) is 17.5 Å². The van der Waals surface area contributed by atoms with Gasteiger partial charge >= 0.3 is 0 Å². The Balaban J connectivity index is 2.44. The maximum Gasteiger partial charge on any atom is 0.0926 e. The van der Waals surface area contributed by atoms with Crippen LogP contribution < -0.4 is 5.32 Å². The molecule has 0 amide bonds. The topological polar surface area (TPSA) is 24.9 Å². The second-order valence-electron chi connectivity index (χ2n) is 4.18. The molecule has 2 atom stereocenters. The van der Waals surface area contributed by atoms with Gasteiger partial charge in [-0.05, 0) is 33.1 Å². The van der Waals surface area contributed by atoms with Gasteiger partial charge < -0.3 is 5.32 Å². The zero-order valence-corrected chi connectivity index (χ0v) is 11.3. The Kier molecular flexibility index (Phi) is 5.71. The third-order valence-electron chi connectivity index (χ3n) is 2.65. The first-order valence-electron chi connectivity index (χ1n) is 5.98. The lowest BCUT2D eigenvalue weighted by Gasteiger charge is -2.18. The van der Waals surface area contributed by atoms with Crippen molar-refractivity contribution < 1.29 is 0 Å². The van der Waals surface area contributed by atoms with Crippen molar-refractivity contribution in [2.24, 2.45) is 0 Å². The van der Waals surface area contributed by atoms with Crippen LogP contribution in [0.1, 0.15) is 50.4 Å². The molecule has 0 aliphatic carbocycles. The van der Waals surface area contributed by atoms with Crippen LogP contribution in [0.3, 0.4) is 0 Å². The number of aromatic nitrogens is 1. The summed E-state index contributed by atoms with van der Waals surface area (Å²) in [6, 6.07) is 0.858. The van der Waals surface area contributed by atoms with Crippen molar-refractivity contribution in [1.29, 1.82) is 0 Å². The van der Waals surface area contributed by atoms with E-state index >= 15 is 0 Å². The minimum atomic E-state index is 0.344. The second-order valence-corrected chi connectivity index (χ2v) is 5.12. The number of hydrogen-bond donors (Lipinski definition) is 1. The summed E-state index contributed by atoms with van der Waals surface area (Å²) in [5.74, 6) is 0. The van der Waals surface area contributed by atoms with Crippen LogP contribution >= 0.6 is 11.3 Å². The Labute approximate surface area is 103 Å². The molecule has 1 rings (SSSR count). The quantitative estimate of drug-likeness (QED) is 0.732. The van der Waals surface area contributed by atoms with Crippen molar-refractivity contribution in [2.45, 2.75) is 52.1 Å². The minimum absolute atomic E-state index is 0.344. The van der Waals surface area contributed by atoms with E-state index in [-0.39, 0.29) is 0 Å². The van der Waals surface area contributed by atoms with E-state index in [1.165, 1.54) is 10.7 Å². The molecule has 0 saturated heterocycles. The maximum atomic E-state index is 4.60. The highest BCUT2D eigenvalue weighted by Gasteiger charge is 2.11. The lowest BCUT2D eigenvalue weighted by Crippen LogP contribution is -2.28. The normalized spacial score (nSPS) is 14.7. The molecule has 0 bridgehead atoms. The van der Waals surface area contributed by atoms with Crippen LogP contribution in [-0.4, -0.2) is 11.0 Å². The summed E-state index contributed by atoms with van der Waals surface area (Å²) in [6.45, 7) is 10.3. The molecular formula is C13H22N2S. The number of nitrogens with one attached hydrogen (secondary N) is 1. The third kappa shape index (κ3) is 4.06. The summed E-state index contributed by atoms with van der Waals surface area (Å²) < 4.78 is 0. The molecule has 0 aromatic carbocycles. The summed E-state index contributed by atoms with van der Waals surface area (Å²) in [5.41, 5.74) is 1.17. The van der Waals surface area contributed by atoms with Gasteiger partial charge in [-0.2, -0.15) is 0 Å². The SMILES string of the molecule is C=CCCC(C)NC(C)c1csc(CC)n1. The molecule has 0 spiro atoms. The molecule has 1 aromatic heterocycles. The molecule has 2 unspecified atom stereocenters. The van der Waals surface area contributed by atoms with Crippen LogP contribution in [0.5, 0.6) is 0 Å². The van der Waals surface area contributed by atoms with Gasteiger partial charge in [0.2, 0.25) is 0 Å². The number of hydrogen-bond acceptors (Lipinski definition) is 3. The van der Waals surface area contributed by atoms with E-state index in [0.717, 1.165) is 19.3 Å². The predicted octanol–water partition coefficient (Wildman–Crippen LogP) is 3.71. The van der Waals surface area contributed by atoms with E-state index in [9.17, 15) is 0 Å². The van der Waals surface area contributed by atoms with E-state index in [1.54, 1.807) is 11.3 Å². The van der Waals surface area contributed by atoms with Crippen LogP contribution in [0.4, 0.5) is 0 Å². The fourth-order valence-corrected chi connectivity index (χ4v) is 2.49. The number of rotatable bonds is 7. The van der Waals surface area contributed by atoms with E-state index in [0.29, 0.717) is 12.1 Å². The molecule has 2 nitrogen and oxygen atoms in total. The summed E-state index contributed by atoms with van der Waals surface area (Å²) in [7, 11) is 0. The summed E-state index contributed by atoms with van der Waals surface area (Å²) in [6.07, 6.45) is 5.21. The van der Waals surface area contributed by atoms with Gasteiger partial charge in [0.25, 0.3) is 0 Å². The zero-order chi connectivity index (χ0) is 12.0. The number of thiazole rings is 1. The largest absolute Gasteiger partial charge is 0.306 e. The van der Waals surface area contributed by atoms with Gasteiger partial charge in [-0.3, -0.25) is 0 Å². The van der Waals surface area contributed by atoms with Crippen molar-refractivity contribution in [3.05, 3.63) is 28.7 Å². The van der Waals surface area contributed by atoms with E-state index < -0.39 is 0 Å². The van der Waals surface area contributed by atoms with E-state index in [2.05, 4.69) is 43.0 Å². The smallest absolute Gasteiger partial charge is 0.0926 e. The van der Waals surface area contributed by atoms with Crippen molar-refractivity contribution in [2.75, 3.05) is 0 Å². The summed E-state index contributed by atoms with van der Waals surface area (Å²) in [5, 5.41) is 6.95. The van der Waals surface area contributed by atoms with Gasteiger partial charge in [-0.1, -0.05) is 13.0 Å². The highest BCUT2D eigenvalue weighted by Crippen LogP contribution is 2.17. The number of aryl methyl sites for hydroxylation is 1. The molecule has 1 aromatic rings. The van der Waals surface area contributed by atoms with Gasteiger partial charge in [-0.15, -0.1) is 17.9 Å². The fourth-order valence-electron chi connectivity index (χ4n) is 1.65. The van der Waals surface area contributed by atoms with Gasteiger partial charge in [0.1, 0.15) is 0 Å². The first kappa shape index (κ1) is 13.4. The molecule has 3 heteroatoms. The van der Waals surface area contributed by atoms with Crippen LogP contribution in [0.2, 0.25) is 0 Å². The second kappa shape index (κ2) is 6.81. The molecule has 0 fully saturated rings. The fraction of sp³-hybridized carbons (Fsp3) is 0.615. The Morgan fingerprint density at radius 2 is 2.31 bits per heavy atom. The summed E-state index contributed by atoms with van der Waals surface area (Å²) >= 11 is 1.76. The predicted molar refractivity (Wildman–Crippen MR) is 71.9 cm³/mol. The van der Waals surface area contributed by atoms with Gasteiger partial charge in [0.05, 0.1) is 10.7 Å². The molecule has 1 N–H and O–H groups in total. The van der Waals surface area contributed by atoms with Crippen molar-refractivity contribution in [3.8, 4) is 0 Å². The van der Waals surface area contributed by atoms with Crippen LogP contribution in [0.25, 0.3) is 0 Å². The number of nitrogens with zero attached hydrogens (tertiary/aromatic N) is 1. The molecule has 16 heavy (non-hydrogen) atoms. The van der Waals surface area contributed by atoms with Crippen LogP contribution in [-0.2, 0) is 6.42 Å².